The van der Waals surface area contributed by atoms with Gasteiger partial charge in [-0.25, -0.2) is 0 Å². The largest absolute Gasteiger partial charge is 0.357 e. The van der Waals surface area contributed by atoms with E-state index in [9.17, 15) is 9.59 Å². The summed E-state index contributed by atoms with van der Waals surface area (Å²) in [6, 6.07) is 9.95. The summed E-state index contributed by atoms with van der Waals surface area (Å²) < 4.78 is 6.34. The first-order valence-corrected chi connectivity index (χ1v) is 9.86. The Kier molecular flexibility index (Phi) is 4.38. The molecule has 27 heavy (non-hydrogen) atoms. The predicted octanol–water partition coefficient (Wildman–Crippen LogP) is 2.52. The van der Waals surface area contributed by atoms with Crippen LogP contribution >= 0.6 is 0 Å². The van der Waals surface area contributed by atoms with Crippen LogP contribution in [0.3, 0.4) is 0 Å². The van der Waals surface area contributed by atoms with Gasteiger partial charge in [0.25, 0.3) is 0 Å². The second kappa shape index (κ2) is 6.48. The normalized spacial score (nSPS) is 33.8. The first-order chi connectivity index (χ1) is 12.8. The lowest BCUT2D eigenvalue weighted by atomic mass is 9.72. The number of carbonyl (C=O) groups is 2. The summed E-state index contributed by atoms with van der Waals surface area (Å²) in [5.74, 6) is -0.420. The summed E-state index contributed by atoms with van der Waals surface area (Å²) in [6.45, 7) is 7.88. The van der Waals surface area contributed by atoms with Crippen molar-refractivity contribution in [3.05, 3.63) is 48.0 Å². The van der Waals surface area contributed by atoms with Crippen LogP contribution in [0.5, 0.6) is 0 Å². The van der Waals surface area contributed by atoms with E-state index >= 15 is 0 Å². The van der Waals surface area contributed by atoms with Gasteiger partial charge in [0, 0.05) is 13.1 Å². The van der Waals surface area contributed by atoms with Crippen LogP contribution in [0, 0.1) is 17.8 Å². The molecular weight excluding hydrogens is 340 g/mol. The molecule has 3 aliphatic heterocycles. The highest BCUT2D eigenvalue weighted by atomic mass is 16.5. The van der Waals surface area contributed by atoms with Gasteiger partial charge in [-0.1, -0.05) is 56.3 Å². The Morgan fingerprint density at radius 2 is 2.04 bits per heavy atom. The lowest BCUT2D eigenvalue weighted by molar-refractivity contribution is -0.139. The fraction of sp³-hybridized carbons (Fsp3) is 0.545. The van der Waals surface area contributed by atoms with E-state index in [1.165, 1.54) is 0 Å². The van der Waals surface area contributed by atoms with Crippen LogP contribution in [-0.4, -0.2) is 41.0 Å². The number of carbonyl (C=O) groups excluding carboxylic acids is 2. The third kappa shape index (κ3) is 2.98. The van der Waals surface area contributed by atoms with Crippen molar-refractivity contribution >= 4 is 11.8 Å². The summed E-state index contributed by atoms with van der Waals surface area (Å²) in [6.07, 6.45) is 4.92. The van der Waals surface area contributed by atoms with Crippen molar-refractivity contribution in [1.82, 2.24) is 10.2 Å². The maximum atomic E-state index is 13.2. The van der Waals surface area contributed by atoms with Gasteiger partial charge in [0.05, 0.1) is 24.0 Å². The highest BCUT2D eigenvalue weighted by molar-refractivity contribution is 5.93. The first kappa shape index (κ1) is 18.2. The van der Waals surface area contributed by atoms with Crippen molar-refractivity contribution in [3.63, 3.8) is 0 Å². The van der Waals surface area contributed by atoms with Gasteiger partial charge in [0.2, 0.25) is 11.8 Å². The summed E-state index contributed by atoms with van der Waals surface area (Å²) in [7, 11) is 0. The third-order valence-electron chi connectivity index (χ3n) is 6.12. The van der Waals surface area contributed by atoms with E-state index in [2.05, 4.69) is 19.2 Å². The van der Waals surface area contributed by atoms with Gasteiger partial charge in [-0.2, -0.15) is 0 Å². The minimum absolute atomic E-state index is 0.0240. The van der Waals surface area contributed by atoms with Crippen LogP contribution < -0.4 is 5.32 Å². The molecule has 3 heterocycles. The molecule has 3 aliphatic rings. The van der Waals surface area contributed by atoms with E-state index in [0.29, 0.717) is 25.6 Å². The Hall–Kier alpha value is -2.14. The molecule has 1 spiro atoms. The zero-order chi connectivity index (χ0) is 19.2. The van der Waals surface area contributed by atoms with E-state index < -0.39 is 23.0 Å². The number of fused-ring (bicyclic) bond motifs is 1. The number of amides is 2. The molecule has 0 radical (unpaired) electrons. The molecule has 0 saturated carbocycles. The number of hydrogen-bond donors (Lipinski definition) is 1. The molecule has 2 saturated heterocycles. The Bertz CT molecular complexity index is 775. The zero-order valence-corrected chi connectivity index (χ0v) is 16.3. The first-order valence-electron chi connectivity index (χ1n) is 9.86. The molecular formula is C22H28N2O3. The molecule has 2 unspecified atom stereocenters. The Labute approximate surface area is 160 Å². The van der Waals surface area contributed by atoms with Crippen LogP contribution in [-0.2, 0) is 20.9 Å². The van der Waals surface area contributed by atoms with E-state index in [4.69, 9.17) is 4.74 Å². The molecule has 1 aromatic carbocycles. The maximum absolute atomic E-state index is 13.2. The molecule has 2 fully saturated rings. The summed E-state index contributed by atoms with van der Waals surface area (Å²) in [5, 5.41) is 3.04. The number of nitrogens with zero attached hydrogens (tertiary/aromatic N) is 1. The van der Waals surface area contributed by atoms with Crippen molar-refractivity contribution in [2.24, 2.45) is 17.8 Å². The smallest absolute Gasteiger partial charge is 0.230 e. The molecule has 5 nitrogen and oxygen atoms in total. The highest BCUT2D eigenvalue weighted by Crippen LogP contribution is 2.57. The number of likely N-dealkylation sites (tertiary alicyclic amines) is 1. The molecule has 0 aliphatic carbocycles. The topological polar surface area (TPSA) is 58.6 Å². The average molecular weight is 368 g/mol. The van der Waals surface area contributed by atoms with Gasteiger partial charge in [-0.05, 0) is 24.8 Å². The van der Waals surface area contributed by atoms with Crippen molar-refractivity contribution in [3.8, 4) is 0 Å². The maximum Gasteiger partial charge on any atom is 0.230 e. The standard InChI is InChI=1S/C22H28N2O3/c1-15(2)9-12-23-19(25)17-18-20(26)24(13-16-7-5-4-6-8-16)14-22(18)11-10-21(17,3)27-22/h4-8,10-11,15,17-18H,9,12-14H2,1-3H3,(H,23,25)/t17-,18+,21?,22?/m1/s1. The zero-order valence-electron chi connectivity index (χ0n) is 16.3. The van der Waals surface area contributed by atoms with Crippen LogP contribution in [0.25, 0.3) is 0 Å². The third-order valence-corrected chi connectivity index (χ3v) is 6.12. The van der Waals surface area contributed by atoms with Crippen molar-refractivity contribution < 1.29 is 14.3 Å². The number of ether oxygens (including phenoxy) is 1. The van der Waals surface area contributed by atoms with Gasteiger partial charge in [0.15, 0.2) is 0 Å². The monoisotopic (exact) mass is 368 g/mol. The van der Waals surface area contributed by atoms with Crippen molar-refractivity contribution in [2.45, 2.75) is 44.9 Å². The van der Waals surface area contributed by atoms with Gasteiger partial charge in [-0.15, -0.1) is 0 Å². The summed E-state index contributed by atoms with van der Waals surface area (Å²) >= 11 is 0. The summed E-state index contributed by atoms with van der Waals surface area (Å²) in [4.78, 5) is 28.1. The molecule has 0 aromatic heterocycles. The van der Waals surface area contributed by atoms with Crippen molar-refractivity contribution in [1.29, 1.82) is 0 Å². The lowest BCUT2D eigenvalue weighted by Gasteiger charge is -2.29. The van der Waals surface area contributed by atoms with Gasteiger partial charge >= 0.3 is 0 Å². The second-order valence-corrected chi connectivity index (χ2v) is 8.68. The van der Waals surface area contributed by atoms with Gasteiger partial charge in [-0.3, -0.25) is 9.59 Å². The van der Waals surface area contributed by atoms with E-state index in [0.717, 1.165) is 12.0 Å². The fourth-order valence-electron chi connectivity index (χ4n) is 4.78. The van der Waals surface area contributed by atoms with Crippen LogP contribution in [0.4, 0.5) is 0 Å². The Morgan fingerprint density at radius 3 is 2.74 bits per heavy atom. The van der Waals surface area contributed by atoms with E-state index in [1.807, 2.05) is 54.3 Å². The fourth-order valence-corrected chi connectivity index (χ4v) is 4.78. The van der Waals surface area contributed by atoms with Gasteiger partial charge in [0.1, 0.15) is 5.60 Å². The predicted molar refractivity (Wildman–Crippen MR) is 103 cm³/mol. The van der Waals surface area contributed by atoms with E-state index in [-0.39, 0.29) is 11.8 Å². The summed E-state index contributed by atoms with van der Waals surface area (Å²) in [5.41, 5.74) is -0.272. The number of benzene rings is 1. The van der Waals surface area contributed by atoms with Crippen LogP contribution in [0.2, 0.25) is 0 Å². The average Bonchev–Trinajstić information content (AvgIpc) is 3.18. The quantitative estimate of drug-likeness (QED) is 0.785. The highest BCUT2D eigenvalue weighted by Gasteiger charge is 2.70. The molecule has 5 heteroatoms. The molecule has 1 N–H and O–H groups in total. The second-order valence-electron chi connectivity index (χ2n) is 8.68. The minimum atomic E-state index is -0.693. The number of hydrogen-bond acceptors (Lipinski definition) is 3. The molecule has 4 rings (SSSR count). The molecule has 1 aromatic rings. The molecule has 2 amide bonds. The van der Waals surface area contributed by atoms with Gasteiger partial charge < -0.3 is 15.0 Å². The number of rotatable bonds is 6. The SMILES string of the molecule is CC(C)CCNC(=O)[C@H]1[C@H]2C(=O)N(Cc3ccccc3)CC23C=CC1(C)O3. The molecule has 2 bridgehead atoms. The minimum Gasteiger partial charge on any atom is -0.357 e. The van der Waals surface area contributed by atoms with Crippen molar-refractivity contribution in [2.75, 3.05) is 13.1 Å². The van der Waals surface area contributed by atoms with E-state index in [1.54, 1.807) is 0 Å². The molecule has 144 valence electrons. The van der Waals surface area contributed by atoms with Crippen LogP contribution in [0.15, 0.2) is 42.5 Å². The Morgan fingerprint density at radius 1 is 1.30 bits per heavy atom. The van der Waals surface area contributed by atoms with Crippen LogP contribution in [0.1, 0.15) is 32.8 Å². The number of nitrogens with one attached hydrogen (secondary N) is 1. The molecule has 4 atom stereocenters. The lowest BCUT2D eigenvalue weighted by Crippen LogP contribution is -2.48. The Balaban J connectivity index is 1.54.